The molecule has 4 heteroatoms. The summed E-state index contributed by atoms with van der Waals surface area (Å²) in [4.78, 5) is 13.8. The first-order valence-electron chi connectivity index (χ1n) is 7.11. The lowest BCUT2D eigenvalue weighted by Crippen LogP contribution is -2.31. The monoisotopic (exact) mass is 278 g/mol. The first kappa shape index (κ1) is 16.5. The molecule has 0 aliphatic rings. The van der Waals surface area contributed by atoms with Crippen molar-refractivity contribution in [2.24, 2.45) is 0 Å². The first-order valence-corrected chi connectivity index (χ1v) is 7.11. The number of nitrogen functional groups attached to an aromatic ring is 1. The zero-order valence-electron chi connectivity index (χ0n) is 12.9. The molecule has 4 nitrogen and oxygen atoms in total. The number of hydrogen-bond donors (Lipinski definition) is 1. The van der Waals surface area contributed by atoms with Crippen LogP contribution in [-0.2, 0) is 9.53 Å². The second-order valence-corrected chi connectivity index (χ2v) is 5.51. The van der Waals surface area contributed by atoms with E-state index < -0.39 is 0 Å². The quantitative estimate of drug-likeness (QED) is 0.780. The lowest BCUT2D eigenvalue weighted by Gasteiger charge is -2.20. The molecule has 0 bridgehead atoms. The number of amides is 1. The number of likely N-dealkylation sites (N-methyl/N-ethyl adjacent to an activating group) is 1. The molecule has 20 heavy (non-hydrogen) atoms. The molecule has 0 aliphatic carbocycles. The van der Waals surface area contributed by atoms with Gasteiger partial charge < -0.3 is 15.4 Å². The molecule has 1 aromatic carbocycles. The number of nitrogens with two attached hydrogens (primary N) is 1. The maximum atomic E-state index is 12.1. The van der Waals surface area contributed by atoms with E-state index in [-0.39, 0.29) is 17.9 Å². The summed E-state index contributed by atoms with van der Waals surface area (Å²) in [6.45, 7) is 7.25. The Bertz CT molecular complexity index is 415. The fourth-order valence-corrected chi connectivity index (χ4v) is 1.91. The Kier molecular flexibility index (Phi) is 6.52. The summed E-state index contributed by atoms with van der Waals surface area (Å²) in [7, 11) is 1.82. The summed E-state index contributed by atoms with van der Waals surface area (Å²) in [6.07, 6.45) is 0.703. The SMILES string of the molecule is CC(C)OCCN(C)C(=O)CC(C)c1ccc(N)cc1. The highest BCUT2D eigenvalue weighted by Crippen LogP contribution is 2.20. The van der Waals surface area contributed by atoms with Crippen LogP contribution in [0, 0.1) is 0 Å². The second kappa shape index (κ2) is 7.90. The van der Waals surface area contributed by atoms with Gasteiger partial charge >= 0.3 is 0 Å². The molecule has 0 heterocycles. The summed E-state index contributed by atoms with van der Waals surface area (Å²) >= 11 is 0. The summed E-state index contributed by atoms with van der Waals surface area (Å²) in [5, 5.41) is 0. The molecule has 0 spiro atoms. The van der Waals surface area contributed by atoms with E-state index in [0.29, 0.717) is 19.6 Å². The fourth-order valence-electron chi connectivity index (χ4n) is 1.91. The molecular weight excluding hydrogens is 252 g/mol. The highest BCUT2D eigenvalue weighted by Gasteiger charge is 2.14. The highest BCUT2D eigenvalue weighted by atomic mass is 16.5. The minimum absolute atomic E-state index is 0.140. The smallest absolute Gasteiger partial charge is 0.222 e. The van der Waals surface area contributed by atoms with Crippen molar-refractivity contribution in [3.05, 3.63) is 29.8 Å². The molecule has 0 saturated heterocycles. The first-order chi connectivity index (χ1) is 9.40. The topological polar surface area (TPSA) is 55.6 Å². The molecule has 1 aromatic rings. The maximum Gasteiger partial charge on any atom is 0.222 e. The van der Waals surface area contributed by atoms with Crippen LogP contribution in [0.5, 0.6) is 0 Å². The van der Waals surface area contributed by atoms with Crippen LogP contribution >= 0.6 is 0 Å². The summed E-state index contributed by atoms with van der Waals surface area (Å²) in [5.74, 6) is 0.332. The number of hydrogen-bond acceptors (Lipinski definition) is 3. The van der Waals surface area contributed by atoms with Gasteiger partial charge in [-0.15, -0.1) is 0 Å². The Balaban J connectivity index is 2.42. The van der Waals surface area contributed by atoms with Gasteiger partial charge in [-0.25, -0.2) is 0 Å². The number of nitrogens with zero attached hydrogens (tertiary/aromatic N) is 1. The van der Waals surface area contributed by atoms with E-state index in [4.69, 9.17) is 10.5 Å². The number of benzene rings is 1. The molecule has 0 fully saturated rings. The second-order valence-electron chi connectivity index (χ2n) is 5.51. The predicted molar refractivity (Wildman–Crippen MR) is 82.6 cm³/mol. The Morgan fingerprint density at radius 2 is 1.85 bits per heavy atom. The van der Waals surface area contributed by atoms with Crippen molar-refractivity contribution in [1.29, 1.82) is 0 Å². The third-order valence-corrected chi connectivity index (χ3v) is 3.29. The van der Waals surface area contributed by atoms with E-state index in [2.05, 4.69) is 6.92 Å². The van der Waals surface area contributed by atoms with Gasteiger partial charge in [-0.05, 0) is 37.5 Å². The van der Waals surface area contributed by atoms with Gasteiger partial charge in [0.2, 0.25) is 5.91 Å². The van der Waals surface area contributed by atoms with Crippen molar-refractivity contribution >= 4 is 11.6 Å². The summed E-state index contributed by atoms with van der Waals surface area (Å²) in [5.41, 5.74) is 7.55. The van der Waals surface area contributed by atoms with Gasteiger partial charge in [0.1, 0.15) is 0 Å². The Labute approximate surface area is 121 Å². The Hall–Kier alpha value is -1.55. The van der Waals surface area contributed by atoms with Crippen molar-refractivity contribution in [1.82, 2.24) is 4.90 Å². The summed E-state index contributed by atoms with van der Waals surface area (Å²) in [6, 6.07) is 7.71. The molecule has 0 saturated carbocycles. The molecule has 2 N–H and O–H groups in total. The molecular formula is C16H26N2O2. The van der Waals surface area contributed by atoms with Crippen LogP contribution in [0.25, 0.3) is 0 Å². The minimum atomic E-state index is 0.140. The zero-order chi connectivity index (χ0) is 15.1. The predicted octanol–water partition coefficient (Wildman–Crippen LogP) is 2.65. The van der Waals surface area contributed by atoms with Gasteiger partial charge in [0.25, 0.3) is 0 Å². The molecule has 1 unspecified atom stereocenters. The van der Waals surface area contributed by atoms with Gasteiger partial charge in [-0.2, -0.15) is 0 Å². The van der Waals surface area contributed by atoms with Crippen LogP contribution in [0.15, 0.2) is 24.3 Å². The normalized spacial score (nSPS) is 12.4. The van der Waals surface area contributed by atoms with Crippen molar-refractivity contribution in [3.8, 4) is 0 Å². The van der Waals surface area contributed by atoms with Crippen LogP contribution < -0.4 is 5.73 Å². The van der Waals surface area contributed by atoms with Crippen LogP contribution in [0.4, 0.5) is 5.69 Å². The van der Waals surface area contributed by atoms with Crippen molar-refractivity contribution in [2.75, 3.05) is 25.9 Å². The third kappa shape index (κ3) is 5.61. The molecule has 0 radical (unpaired) electrons. The number of carbonyl (C=O) groups is 1. The van der Waals surface area contributed by atoms with E-state index in [0.717, 1.165) is 11.3 Å². The van der Waals surface area contributed by atoms with E-state index >= 15 is 0 Å². The Morgan fingerprint density at radius 3 is 2.40 bits per heavy atom. The maximum absolute atomic E-state index is 12.1. The highest BCUT2D eigenvalue weighted by molar-refractivity contribution is 5.76. The molecule has 0 aromatic heterocycles. The molecule has 112 valence electrons. The van der Waals surface area contributed by atoms with Gasteiger partial charge in [0, 0.05) is 25.7 Å². The Morgan fingerprint density at radius 1 is 1.25 bits per heavy atom. The fraction of sp³-hybridized carbons (Fsp3) is 0.562. The van der Waals surface area contributed by atoms with Crippen molar-refractivity contribution in [3.63, 3.8) is 0 Å². The van der Waals surface area contributed by atoms with Gasteiger partial charge in [0.15, 0.2) is 0 Å². The van der Waals surface area contributed by atoms with E-state index in [1.165, 1.54) is 0 Å². The largest absolute Gasteiger partial charge is 0.399 e. The summed E-state index contributed by atoms with van der Waals surface area (Å²) < 4.78 is 5.46. The molecule has 1 rings (SSSR count). The zero-order valence-corrected chi connectivity index (χ0v) is 12.9. The van der Waals surface area contributed by atoms with E-state index in [1.807, 2.05) is 45.2 Å². The van der Waals surface area contributed by atoms with Crippen LogP contribution in [0.2, 0.25) is 0 Å². The van der Waals surface area contributed by atoms with E-state index in [1.54, 1.807) is 4.90 Å². The van der Waals surface area contributed by atoms with Crippen molar-refractivity contribution in [2.45, 2.75) is 39.2 Å². The number of rotatable bonds is 7. The van der Waals surface area contributed by atoms with E-state index in [9.17, 15) is 4.79 Å². The number of carbonyl (C=O) groups excluding carboxylic acids is 1. The van der Waals surface area contributed by atoms with Gasteiger partial charge in [-0.1, -0.05) is 19.1 Å². The number of ether oxygens (including phenoxy) is 1. The average molecular weight is 278 g/mol. The lowest BCUT2D eigenvalue weighted by atomic mass is 9.97. The molecule has 1 atom stereocenters. The van der Waals surface area contributed by atoms with Crippen LogP contribution in [0.3, 0.4) is 0 Å². The van der Waals surface area contributed by atoms with Crippen LogP contribution in [0.1, 0.15) is 38.7 Å². The van der Waals surface area contributed by atoms with Crippen molar-refractivity contribution < 1.29 is 9.53 Å². The standard InChI is InChI=1S/C16H26N2O2/c1-12(2)20-10-9-18(4)16(19)11-13(3)14-5-7-15(17)8-6-14/h5-8,12-13H,9-11,17H2,1-4H3. The molecule has 0 aliphatic heterocycles. The lowest BCUT2D eigenvalue weighted by molar-refractivity contribution is -0.131. The van der Waals surface area contributed by atoms with Gasteiger partial charge in [-0.3, -0.25) is 4.79 Å². The minimum Gasteiger partial charge on any atom is -0.399 e. The number of anilines is 1. The average Bonchev–Trinajstić information content (AvgIpc) is 2.38. The van der Waals surface area contributed by atoms with Crippen LogP contribution in [-0.4, -0.2) is 37.1 Å². The van der Waals surface area contributed by atoms with Gasteiger partial charge in [0.05, 0.1) is 12.7 Å². The third-order valence-electron chi connectivity index (χ3n) is 3.29. The molecule has 1 amide bonds.